The van der Waals surface area contributed by atoms with Gasteiger partial charge in [-0.1, -0.05) is 89.2 Å². The van der Waals surface area contributed by atoms with E-state index >= 15 is 0 Å². The number of esters is 2. The molecule has 0 aliphatic carbocycles. The number of hydrogen-bond donors (Lipinski definition) is 2. The average molecular weight is 1110 g/mol. The van der Waals surface area contributed by atoms with E-state index in [2.05, 4.69) is 116 Å². The van der Waals surface area contributed by atoms with Crippen LogP contribution in [0.25, 0.3) is 0 Å². The van der Waals surface area contributed by atoms with Crippen LogP contribution in [0.1, 0.15) is 98.6 Å². The normalized spacial score (nSPS) is 9.74. The van der Waals surface area contributed by atoms with Crippen molar-refractivity contribution in [1.29, 1.82) is 0 Å². The fourth-order valence-corrected chi connectivity index (χ4v) is 8.00. The predicted molar refractivity (Wildman–Crippen MR) is 281 cm³/mol. The highest BCUT2D eigenvalue weighted by atomic mass is 127. The largest absolute Gasteiger partial charge is 0.465 e. The van der Waals surface area contributed by atoms with Gasteiger partial charge in [-0.15, -0.1) is 0 Å². The van der Waals surface area contributed by atoms with Gasteiger partial charge in [0.05, 0.1) is 38.6 Å². The highest BCUT2D eigenvalue weighted by Crippen LogP contribution is 2.17. The average Bonchev–Trinajstić information content (AvgIpc) is 3.36. The van der Waals surface area contributed by atoms with Gasteiger partial charge in [-0.2, -0.15) is 0 Å². The third-order valence-corrected chi connectivity index (χ3v) is 10.9. The predicted octanol–water partition coefficient (Wildman–Crippen LogP) is 9.85. The van der Waals surface area contributed by atoms with Crippen LogP contribution < -0.4 is 0 Å². The van der Waals surface area contributed by atoms with Crippen molar-refractivity contribution in [2.45, 2.75) is 13.2 Å². The summed E-state index contributed by atoms with van der Waals surface area (Å²) in [6, 6.07) is 44.4. The number of rotatable bonds is 4. The van der Waals surface area contributed by atoms with E-state index in [1.165, 1.54) is 14.2 Å². The molecule has 326 valence electrons. The number of benzene rings is 7. The Bertz CT molecular complexity index is 3290. The molecule has 0 saturated heterocycles. The maximum absolute atomic E-state index is 12.7. The Hall–Kier alpha value is -7.78. The molecule has 0 spiro atoms. The number of aliphatic hydroxyl groups excluding tert-OH is 2. The smallest absolute Gasteiger partial charge is 0.337 e. The van der Waals surface area contributed by atoms with E-state index in [9.17, 15) is 19.8 Å². The fraction of sp³-hybridized carbons (Fsp3) is 0.0667. The number of methoxy groups -OCH3 is 2. The van der Waals surface area contributed by atoms with Gasteiger partial charge in [-0.25, -0.2) is 9.59 Å². The van der Waals surface area contributed by atoms with E-state index in [4.69, 9.17) is 9.47 Å². The summed E-state index contributed by atoms with van der Waals surface area (Å²) in [7, 11) is 2.65. The molecular weight excluding hydrogens is 1070 g/mol. The zero-order valence-corrected chi connectivity index (χ0v) is 40.9. The van der Waals surface area contributed by atoms with Crippen LogP contribution in [0.5, 0.6) is 0 Å². The third-order valence-electron chi connectivity index (χ3n) is 9.68. The Morgan fingerprint density at radius 3 is 0.853 bits per heavy atom. The first kappa shape index (κ1) is 48.2. The molecule has 0 radical (unpaired) electrons. The SMILES string of the molecule is COC(=O)c1cc(C#Cc2cccc(C#Cc3cc(I)cc(CO)c3)c2)cc(C#Cc2cccc(C#Cc3cc(C#Cc4cccc(C#Cc5cc(I)cc(CO)c5)c4)cc(C(=O)OC)c3)c2)c1. The second kappa shape index (κ2) is 23.6. The van der Waals surface area contributed by atoms with Crippen molar-refractivity contribution in [3.05, 3.63) is 242 Å². The van der Waals surface area contributed by atoms with Crippen LogP contribution in [0.2, 0.25) is 0 Å². The Labute approximate surface area is 423 Å². The molecule has 0 heterocycles. The van der Waals surface area contributed by atoms with E-state index < -0.39 is 11.9 Å². The van der Waals surface area contributed by atoms with Crippen molar-refractivity contribution >= 4 is 57.1 Å². The number of halogens is 2. The van der Waals surface area contributed by atoms with Crippen LogP contribution >= 0.6 is 45.2 Å². The van der Waals surface area contributed by atoms with Crippen molar-refractivity contribution < 1.29 is 29.3 Å². The van der Waals surface area contributed by atoms with Crippen molar-refractivity contribution in [3.8, 4) is 71.0 Å². The third kappa shape index (κ3) is 14.1. The van der Waals surface area contributed by atoms with E-state index in [0.717, 1.165) is 51.6 Å². The van der Waals surface area contributed by atoms with Crippen LogP contribution in [-0.4, -0.2) is 36.4 Å². The minimum Gasteiger partial charge on any atom is -0.465 e. The van der Waals surface area contributed by atoms with Gasteiger partial charge in [-0.05, 0) is 184 Å². The van der Waals surface area contributed by atoms with Gasteiger partial charge in [0.1, 0.15) is 0 Å². The van der Waals surface area contributed by atoms with Gasteiger partial charge < -0.3 is 19.7 Å². The second-order valence-corrected chi connectivity index (χ2v) is 17.3. The van der Waals surface area contributed by atoms with Crippen molar-refractivity contribution in [2.24, 2.45) is 0 Å². The summed E-state index contributed by atoms with van der Waals surface area (Å²) in [5.74, 6) is 37.1. The molecule has 7 rings (SSSR count). The lowest BCUT2D eigenvalue weighted by Crippen LogP contribution is -2.02. The standard InChI is InChI=1S/C60H36I2O6/c1-67-59(65)55-31-47(27-49(33-55)20-14-43-8-4-10-45(25-43)16-22-51-29-53(39-63)37-57(61)35-51)18-12-41-6-3-7-42(24-41)13-19-48-28-50(34-56(32-48)60(66)68-2)21-15-44-9-5-11-46(26-44)17-23-52-30-54(40-64)38-58(62)36-52/h3-11,24-38,63-64H,39-40H2,1-2H3. The highest BCUT2D eigenvalue weighted by molar-refractivity contribution is 14.1. The summed E-state index contributed by atoms with van der Waals surface area (Å²) in [6.45, 7) is -0.108. The molecule has 0 aliphatic heterocycles. The molecule has 0 saturated carbocycles. The Kier molecular flexibility index (Phi) is 16.7. The lowest BCUT2D eigenvalue weighted by atomic mass is 10.0. The van der Waals surface area contributed by atoms with Crippen molar-refractivity contribution in [1.82, 2.24) is 0 Å². The molecule has 0 bridgehead atoms. The van der Waals surface area contributed by atoms with Gasteiger partial charge in [0.15, 0.2) is 0 Å². The minimum atomic E-state index is -0.510. The van der Waals surface area contributed by atoms with Gasteiger partial charge >= 0.3 is 11.9 Å². The summed E-state index contributed by atoms with van der Waals surface area (Å²) in [6.07, 6.45) is 0. The summed E-state index contributed by atoms with van der Waals surface area (Å²) in [5, 5.41) is 19.1. The zero-order valence-electron chi connectivity index (χ0n) is 36.6. The quantitative estimate of drug-likeness (QED) is 0.104. The summed E-state index contributed by atoms with van der Waals surface area (Å²) >= 11 is 4.42. The molecule has 2 N–H and O–H groups in total. The summed E-state index contributed by atoms with van der Waals surface area (Å²) in [5.41, 5.74) is 10.6. The molecule has 0 atom stereocenters. The zero-order chi connectivity index (χ0) is 47.8. The van der Waals surface area contributed by atoms with Gasteiger partial charge in [0.2, 0.25) is 0 Å². The lowest BCUT2D eigenvalue weighted by Gasteiger charge is -2.02. The molecule has 8 heteroatoms. The lowest BCUT2D eigenvalue weighted by molar-refractivity contribution is 0.0592. The van der Waals surface area contributed by atoms with Crippen LogP contribution in [0.3, 0.4) is 0 Å². The summed E-state index contributed by atoms with van der Waals surface area (Å²) < 4.78 is 12.0. The fourth-order valence-electron chi connectivity index (χ4n) is 6.53. The molecule has 7 aromatic carbocycles. The number of hydrogen-bond acceptors (Lipinski definition) is 6. The Balaban J connectivity index is 1.11. The maximum Gasteiger partial charge on any atom is 0.337 e. The monoisotopic (exact) mass is 1110 g/mol. The maximum atomic E-state index is 12.7. The van der Waals surface area contributed by atoms with Gasteiger partial charge in [0, 0.05) is 73.9 Å². The first-order valence-corrected chi connectivity index (χ1v) is 22.9. The number of carbonyl (C=O) groups is 2. The molecule has 7 aromatic rings. The van der Waals surface area contributed by atoms with E-state index in [-0.39, 0.29) is 13.2 Å². The number of aliphatic hydroxyl groups is 2. The molecule has 0 aliphatic rings. The highest BCUT2D eigenvalue weighted by Gasteiger charge is 2.09. The molecule has 0 aromatic heterocycles. The first-order chi connectivity index (χ1) is 33.0. The molecule has 68 heavy (non-hydrogen) atoms. The minimum absolute atomic E-state index is 0.0539. The summed E-state index contributed by atoms with van der Waals surface area (Å²) in [4.78, 5) is 25.4. The van der Waals surface area contributed by atoms with Crippen LogP contribution in [0.15, 0.2) is 146 Å². The number of ether oxygens (including phenoxy) is 2. The van der Waals surface area contributed by atoms with Gasteiger partial charge in [0.25, 0.3) is 0 Å². The topological polar surface area (TPSA) is 93.1 Å². The molecule has 0 fully saturated rings. The van der Waals surface area contributed by atoms with Crippen molar-refractivity contribution in [2.75, 3.05) is 14.2 Å². The van der Waals surface area contributed by atoms with E-state index in [0.29, 0.717) is 44.5 Å². The van der Waals surface area contributed by atoms with Crippen LogP contribution in [0.4, 0.5) is 0 Å². The second-order valence-electron chi connectivity index (χ2n) is 14.8. The van der Waals surface area contributed by atoms with Crippen molar-refractivity contribution in [3.63, 3.8) is 0 Å². The van der Waals surface area contributed by atoms with Crippen LogP contribution in [-0.2, 0) is 22.7 Å². The molecular formula is C60H36I2O6. The van der Waals surface area contributed by atoms with Crippen LogP contribution in [0, 0.1) is 78.2 Å². The van der Waals surface area contributed by atoms with E-state index in [1.807, 2.05) is 121 Å². The first-order valence-electron chi connectivity index (χ1n) is 20.7. The molecule has 0 unspecified atom stereocenters. The Morgan fingerprint density at radius 2 is 0.603 bits per heavy atom. The van der Waals surface area contributed by atoms with E-state index in [1.54, 1.807) is 24.3 Å². The number of carbonyl (C=O) groups excluding carboxylic acids is 2. The Morgan fingerprint density at radius 1 is 0.368 bits per heavy atom. The molecule has 0 amide bonds. The van der Waals surface area contributed by atoms with Gasteiger partial charge in [-0.3, -0.25) is 0 Å². The molecule has 6 nitrogen and oxygen atoms in total.